The van der Waals surface area contributed by atoms with Crippen LogP contribution >= 0.6 is 11.6 Å². The Kier molecular flexibility index (Phi) is 7.01. The average Bonchev–Trinajstić information content (AvgIpc) is 3.03. The Labute approximate surface area is 179 Å². The highest BCUT2D eigenvalue weighted by Crippen LogP contribution is 2.46. The number of hydrogen-bond donors (Lipinski definition) is 1. The lowest BCUT2D eigenvalue weighted by Gasteiger charge is -2.37. The van der Waals surface area contributed by atoms with Crippen LogP contribution in [0.1, 0.15) is 45.4 Å². The maximum Gasteiger partial charge on any atom is 0.244 e. The molecule has 1 aliphatic heterocycles. The van der Waals surface area contributed by atoms with Crippen LogP contribution in [0, 0.1) is 12.3 Å². The number of sulfonamides is 1. The Bertz CT molecular complexity index is 992. The lowest BCUT2D eigenvalue weighted by Crippen LogP contribution is -2.45. The van der Waals surface area contributed by atoms with Crippen molar-refractivity contribution < 1.29 is 13.5 Å². The molecule has 0 saturated carbocycles. The van der Waals surface area contributed by atoms with Gasteiger partial charge in [0.15, 0.2) is 0 Å². The molecule has 0 aliphatic carbocycles. The third kappa shape index (κ3) is 4.43. The second kappa shape index (κ2) is 8.60. The Hall–Kier alpha value is -1.66. The van der Waals surface area contributed by atoms with Gasteiger partial charge < -0.3 is 5.11 Å². The fraction of sp³-hybridized carbons (Fsp3) is 0.391. The van der Waals surface area contributed by atoms with Crippen molar-refractivity contribution in [2.75, 3.05) is 6.61 Å². The molecule has 2 atom stereocenters. The number of halogens is 1. The molecular formula is C23H30ClNO3S. The molecule has 3 rings (SSSR count). The summed E-state index contributed by atoms with van der Waals surface area (Å²) < 4.78 is 29.2. The summed E-state index contributed by atoms with van der Waals surface area (Å²) in [4.78, 5) is 0.288. The molecule has 0 fully saturated rings. The molecule has 0 bridgehead atoms. The number of nitrogens with zero attached hydrogens (tertiary/aromatic N) is 1. The van der Waals surface area contributed by atoms with Crippen molar-refractivity contribution in [3.8, 4) is 0 Å². The van der Waals surface area contributed by atoms with Crippen LogP contribution in [0.3, 0.4) is 0 Å². The van der Waals surface area contributed by atoms with Gasteiger partial charge in [0.2, 0.25) is 10.0 Å². The standard InChI is InChI=1S/C22H26ClNO3S.CH4/c1-15-7-5-6-8-19(15)28(26,27)24-20(22(2,3)4)13-17(14-25)21(24)16-9-11-18(23)12-10-16;/h5-13,20-21,25H,14H2,1-4H3;1H4/t20-,21-;/m0./s1. The molecule has 0 unspecified atom stereocenters. The highest BCUT2D eigenvalue weighted by Gasteiger charge is 2.47. The molecule has 6 heteroatoms. The summed E-state index contributed by atoms with van der Waals surface area (Å²) in [5.74, 6) is 0. The van der Waals surface area contributed by atoms with Crippen LogP contribution < -0.4 is 0 Å². The van der Waals surface area contributed by atoms with Crippen molar-refractivity contribution in [2.24, 2.45) is 5.41 Å². The van der Waals surface area contributed by atoms with E-state index in [1.807, 2.05) is 45.0 Å². The van der Waals surface area contributed by atoms with E-state index in [0.717, 1.165) is 5.56 Å². The first kappa shape index (κ1) is 23.6. The molecule has 1 heterocycles. The normalized spacial score (nSPS) is 20.3. The summed E-state index contributed by atoms with van der Waals surface area (Å²) >= 11 is 6.04. The first-order valence-electron chi connectivity index (χ1n) is 9.23. The predicted molar refractivity (Wildman–Crippen MR) is 120 cm³/mol. The molecule has 2 aromatic rings. The fourth-order valence-corrected chi connectivity index (χ4v) is 6.01. The quantitative estimate of drug-likeness (QED) is 0.657. The molecule has 0 aromatic heterocycles. The van der Waals surface area contributed by atoms with E-state index in [0.29, 0.717) is 16.2 Å². The molecule has 0 spiro atoms. The van der Waals surface area contributed by atoms with Gasteiger partial charge in [-0.1, -0.05) is 76.2 Å². The second-order valence-corrected chi connectivity index (χ2v) is 10.5. The minimum Gasteiger partial charge on any atom is -0.392 e. The van der Waals surface area contributed by atoms with E-state index in [4.69, 9.17) is 11.6 Å². The molecular weight excluding hydrogens is 406 g/mol. The summed E-state index contributed by atoms with van der Waals surface area (Å²) in [5, 5.41) is 10.6. The zero-order valence-electron chi connectivity index (χ0n) is 16.6. The van der Waals surface area contributed by atoms with Crippen molar-refractivity contribution in [2.45, 2.75) is 52.1 Å². The van der Waals surface area contributed by atoms with E-state index in [-0.39, 0.29) is 30.4 Å². The van der Waals surface area contributed by atoms with Gasteiger partial charge >= 0.3 is 0 Å². The summed E-state index contributed by atoms with van der Waals surface area (Å²) in [7, 11) is -3.81. The molecule has 1 aliphatic rings. The monoisotopic (exact) mass is 435 g/mol. The number of hydrogen-bond acceptors (Lipinski definition) is 3. The van der Waals surface area contributed by atoms with Gasteiger partial charge in [0.25, 0.3) is 0 Å². The number of rotatable bonds is 4. The molecule has 4 nitrogen and oxygen atoms in total. The second-order valence-electron chi connectivity index (χ2n) is 8.27. The smallest absolute Gasteiger partial charge is 0.244 e. The zero-order valence-corrected chi connectivity index (χ0v) is 18.1. The highest BCUT2D eigenvalue weighted by molar-refractivity contribution is 7.89. The van der Waals surface area contributed by atoms with Gasteiger partial charge in [0.05, 0.1) is 17.5 Å². The van der Waals surface area contributed by atoms with Gasteiger partial charge in [-0.05, 0) is 47.2 Å². The maximum atomic E-state index is 13.8. The van der Waals surface area contributed by atoms with Crippen LogP contribution in [-0.2, 0) is 10.0 Å². The SMILES string of the molecule is C.Cc1ccccc1S(=O)(=O)N1[C@@H](c2ccc(Cl)cc2)C(CO)=C[C@H]1C(C)(C)C. The number of benzene rings is 2. The van der Waals surface area contributed by atoms with Gasteiger partial charge in [0.1, 0.15) is 0 Å². The third-order valence-electron chi connectivity index (χ3n) is 5.16. The highest BCUT2D eigenvalue weighted by atomic mass is 35.5. The molecule has 0 amide bonds. The van der Waals surface area contributed by atoms with E-state index in [9.17, 15) is 13.5 Å². The number of aryl methyl sites for hydroxylation is 1. The van der Waals surface area contributed by atoms with Gasteiger partial charge in [0, 0.05) is 11.1 Å². The first-order chi connectivity index (χ1) is 13.1. The zero-order chi connectivity index (χ0) is 20.7. The van der Waals surface area contributed by atoms with Crippen molar-refractivity contribution in [3.05, 3.63) is 76.3 Å². The van der Waals surface area contributed by atoms with Crippen molar-refractivity contribution in [3.63, 3.8) is 0 Å². The lowest BCUT2D eigenvalue weighted by molar-refractivity contribution is 0.206. The van der Waals surface area contributed by atoms with Gasteiger partial charge in [-0.25, -0.2) is 8.42 Å². The molecule has 0 radical (unpaired) electrons. The van der Waals surface area contributed by atoms with Crippen LogP contribution in [0.5, 0.6) is 0 Å². The largest absolute Gasteiger partial charge is 0.392 e. The molecule has 2 aromatic carbocycles. The Morgan fingerprint density at radius 2 is 1.66 bits per heavy atom. The van der Waals surface area contributed by atoms with Crippen molar-refractivity contribution >= 4 is 21.6 Å². The van der Waals surface area contributed by atoms with Crippen LogP contribution in [0.15, 0.2) is 65.1 Å². The minimum absolute atomic E-state index is 0. The van der Waals surface area contributed by atoms with E-state index in [1.165, 1.54) is 0 Å². The van der Waals surface area contributed by atoms with Crippen LogP contribution in [0.25, 0.3) is 0 Å². The maximum absolute atomic E-state index is 13.8. The molecule has 29 heavy (non-hydrogen) atoms. The number of aliphatic hydroxyl groups is 1. The van der Waals surface area contributed by atoms with Crippen LogP contribution in [0.4, 0.5) is 0 Å². The van der Waals surface area contributed by atoms with E-state index >= 15 is 0 Å². The summed E-state index contributed by atoms with van der Waals surface area (Å²) in [5.41, 5.74) is 1.81. The van der Waals surface area contributed by atoms with Gasteiger partial charge in [-0.2, -0.15) is 4.31 Å². The summed E-state index contributed by atoms with van der Waals surface area (Å²) in [6.07, 6.45) is 1.90. The lowest BCUT2D eigenvalue weighted by atomic mass is 9.87. The van der Waals surface area contributed by atoms with E-state index in [1.54, 1.807) is 41.6 Å². The Morgan fingerprint density at radius 3 is 2.17 bits per heavy atom. The van der Waals surface area contributed by atoms with Gasteiger partial charge in [-0.3, -0.25) is 0 Å². The molecule has 1 N–H and O–H groups in total. The van der Waals surface area contributed by atoms with Crippen LogP contribution in [-0.4, -0.2) is 30.5 Å². The summed E-state index contributed by atoms with van der Waals surface area (Å²) in [6.45, 7) is 7.61. The average molecular weight is 436 g/mol. The van der Waals surface area contributed by atoms with Crippen molar-refractivity contribution in [1.29, 1.82) is 0 Å². The Balaban J connectivity index is 0.00000300. The topological polar surface area (TPSA) is 57.6 Å². The van der Waals surface area contributed by atoms with Crippen LogP contribution in [0.2, 0.25) is 5.02 Å². The van der Waals surface area contributed by atoms with Crippen molar-refractivity contribution in [1.82, 2.24) is 4.31 Å². The predicted octanol–water partition coefficient (Wildman–Crippen LogP) is 5.36. The number of aliphatic hydroxyl groups excluding tert-OH is 1. The third-order valence-corrected chi connectivity index (χ3v) is 7.42. The van der Waals surface area contributed by atoms with E-state index < -0.39 is 16.1 Å². The molecule has 0 saturated heterocycles. The Morgan fingerprint density at radius 1 is 1.07 bits per heavy atom. The summed E-state index contributed by atoms with van der Waals surface area (Å²) in [6, 6.07) is 13.2. The molecule has 158 valence electrons. The van der Waals surface area contributed by atoms with Gasteiger partial charge in [-0.15, -0.1) is 0 Å². The first-order valence-corrected chi connectivity index (χ1v) is 11.0. The minimum atomic E-state index is -3.81. The fourth-order valence-electron chi connectivity index (χ4n) is 3.72. The van der Waals surface area contributed by atoms with E-state index in [2.05, 4.69) is 0 Å².